The fourth-order valence-corrected chi connectivity index (χ4v) is 3.86. The molecule has 134 valence electrons. The van der Waals surface area contributed by atoms with Crippen LogP contribution < -0.4 is 5.32 Å². The molecule has 0 spiro atoms. The van der Waals surface area contributed by atoms with Gasteiger partial charge in [0.25, 0.3) is 0 Å². The van der Waals surface area contributed by atoms with Crippen LogP contribution in [0.3, 0.4) is 0 Å². The Morgan fingerprint density at radius 3 is 2.69 bits per heavy atom. The number of carbonyl (C=O) groups excluding carboxylic acids is 1. The average molecular weight is 347 g/mol. The van der Waals surface area contributed by atoms with Crippen molar-refractivity contribution in [3.8, 4) is 0 Å². The summed E-state index contributed by atoms with van der Waals surface area (Å²) in [5.41, 5.74) is 4.42. The van der Waals surface area contributed by atoms with Crippen LogP contribution in [0.15, 0.2) is 54.7 Å². The second kappa shape index (κ2) is 7.34. The molecule has 1 amide bonds. The van der Waals surface area contributed by atoms with E-state index < -0.39 is 0 Å². The number of nitrogens with one attached hydrogen (secondary N) is 2. The number of amides is 1. The van der Waals surface area contributed by atoms with E-state index in [1.54, 1.807) is 0 Å². The van der Waals surface area contributed by atoms with Gasteiger partial charge in [-0.2, -0.15) is 0 Å². The lowest BCUT2D eigenvalue weighted by molar-refractivity contribution is -0.115. The highest BCUT2D eigenvalue weighted by Gasteiger charge is 2.21. The van der Waals surface area contributed by atoms with Crippen molar-refractivity contribution in [2.24, 2.45) is 0 Å². The maximum Gasteiger partial charge on any atom is 0.228 e. The molecule has 4 rings (SSSR count). The zero-order valence-electron chi connectivity index (χ0n) is 15.2. The number of piperidine rings is 1. The standard InChI is InChI=1S/C22H25N3O/c1-25-11-9-17(10-12-25)20-15-23-21-8-7-18(14-19(20)21)24-22(26)13-16-5-3-2-4-6-16/h2-8,14-15,17,23H,9-13H2,1H3,(H,24,26). The van der Waals surface area contributed by atoms with Crippen LogP contribution in [0.4, 0.5) is 5.69 Å². The Labute approximate surface area is 154 Å². The Morgan fingerprint density at radius 1 is 1.15 bits per heavy atom. The Bertz CT molecular complexity index is 892. The lowest BCUT2D eigenvalue weighted by Gasteiger charge is -2.28. The highest BCUT2D eigenvalue weighted by Crippen LogP contribution is 2.34. The van der Waals surface area contributed by atoms with Crippen molar-refractivity contribution in [3.63, 3.8) is 0 Å². The molecule has 0 saturated carbocycles. The van der Waals surface area contributed by atoms with Crippen LogP contribution in [-0.2, 0) is 11.2 Å². The third kappa shape index (κ3) is 3.65. The molecule has 4 nitrogen and oxygen atoms in total. The normalized spacial score (nSPS) is 16.0. The predicted octanol–water partition coefficient (Wildman–Crippen LogP) is 4.16. The minimum absolute atomic E-state index is 0.0203. The van der Waals surface area contributed by atoms with E-state index in [0.717, 1.165) is 29.9 Å². The van der Waals surface area contributed by atoms with Gasteiger partial charge in [0.15, 0.2) is 0 Å². The summed E-state index contributed by atoms with van der Waals surface area (Å²) in [4.78, 5) is 18.1. The summed E-state index contributed by atoms with van der Waals surface area (Å²) in [7, 11) is 2.19. The third-order valence-corrected chi connectivity index (χ3v) is 5.36. The van der Waals surface area contributed by atoms with Crippen LogP contribution in [0.25, 0.3) is 10.9 Å². The van der Waals surface area contributed by atoms with Gasteiger partial charge in [-0.1, -0.05) is 30.3 Å². The van der Waals surface area contributed by atoms with E-state index in [4.69, 9.17) is 0 Å². The van der Waals surface area contributed by atoms with E-state index in [-0.39, 0.29) is 5.91 Å². The first-order chi connectivity index (χ1) is 12.7. The third-order valence-electron chi connectivity index (χ3n) is 5.36. The second-order valence-corrected chi connectivity index (χ2v) is 7.29. The van der Waals surface area contributed by atoms with Gasteiger partial charge < -0.3 is 15.2 Å². The molecule has 0 bridgehead atoms. The van der Waals surface area contributed by atoms with Gasteiger partial charge in [-0.15, -0.1) is 0 Å². The predicted molar refractivity (Wildman–Crippen MR) is 107 cm³/mol. The fraction of sp³-hybridized carbons (Fsp3) is 0.318. The van der Waals surface area contributed by atoms with Crippen LogP contribution in [0.1, 0.15) is 29.9 Å². The molecule has 26 heavy (non-hydrogen) atoms. The zero-order chi connectivity index (χ0) is 17.9. The largest absolute Gasteiger partial charge is 0.361 e. The first-order valence-corrected chi connectivity index (χ1v) is 9.32. The van der Waals surface area contributed by atoms with Crippen molar-refractivity contribution < 1.29 is 4.79 Å². The molecule has 2 aromatic carbocycles. The van der Waals surface area contributed by atoms with Crippen LogP contribution in [0.5, 0.6) is 0 Å². The Kier molecular flexibility index (Phi) is 4.76. The molecular formula is C22H25N3O. The molecular weight excluding hydrogens is 322 g/mol. The number of H-pyrrole nitrogens is 1. The van der Waals surface area contributed by atoms with Gasteiger partial charge in [-0.3, -0.25) is 4.79 Å². The molecule has 1 saturated heterocycles. The number of aromatic nitrogens is 1. The lowest BCUT2D eigenvalue weighted by atomic mass is 9.89. The van der Waals surface area contributed by atoms with Gasteiger partial charge >= 0.3 is 0 Å². The van der Waals surface area contributed by atoms with Gasteiger partial charge in [0.2, 0.25) is 5.91 Å². The monoisotopic (exact) mass is 347 g/mol. The van der Waals surface area contributed by atoms with E-state index in [0.29, 0.717) is 12.3 Å². The number of likely N-dealkylation sites (tertiary alicyclic amines) is 1. The molecule has 3 aromatic rings. The molecule has 1 aliphatic heterocycles. The molecule has 1 fully saturated rings. The second-order valence-electron chi connectivity index (χ2n) is 7.29. The van der Waals surface area contributed by atoms with Gasteiger partial charge in [-0.05, 0) is 68.2 Å². The van der Waals surface area contributed by atoms with Crippen molar-refractivity contribution in [1.82, 2.24) is 9.88 Å². The highest BCUT2D eigenvalue weighted by atomic mass is 16.1. The number of anilines is 1. The number of hydrogen-bond donors (Lipinski definition) is 2. The van der Waals surface area contributed by atoms with Crippen molar-refractivity contribution in [2.45, 2.75) is 25.2 Å². The first-order valence-electron chi connectivity index (χ1n) is 9.32. The number of carbonyl (C=O) groups is 1. The van der Waals surface area contributed by atoms with Gasteiger partial charge in [0.1, 0.15) is 0 Å². The van der Waals surface area contributed by atoms with E-state index in [9.17, 15) is 4.79 Å². The summed E-state index contributed by atoms with van der Waals surface area (Å²) in [5.74, 6) is 0.613. The summed E-state index contributed by atoms with van der Waals surface area (Å²) in [5, 5.41) is 4.28. The number of hydrogen-bond acceptors (Lipinski definition) is 2. The average Bonchev–Trinajstić information content (AvgIpc) is 3.06. The van der Waals surface area contributed by atoms with Crippen LogP contribution >= 0.6 is 0 Å². The van der Waals surface area contributed by atoms with E-state index >= 15 is 0 Å². The lowest BCUT2D eigenvalue weighted by Crippen LogP contribution is -2.29. The van der Waals surface area contributed by atoms with Crippen molar-refractivity contribution >= 4 is 22.5 Å². The van der Waals surface area contributed by atoms with E-state index in [1.807, 2.05) is 36.4 Å². The van der Waals surface area contributed by atoms with Crippen molar-refractivity contribution in [2.75, 3.05) is 25.5 Å². The van der Waals surface area contributed by atoms with Crippen molar-refractivity contribution in [3.05, 3.63) is 65.9 Å². The summed E-state index contributed by atoms with van der Waals surface area (Å²) < 4.78 is 0. The molecule has 1 aromatic heterocycles. The summed E-state index contributed by atoms with van der Waals surface area (Å²) in [6.45, 7) is 2.29. The molecule has 2 N–H and O–H groups in total. The fourth-order valence-electron chi connectivity index (χ4n) is 3.86. The van der Waals surface area contributed by atoms with Gasteiger partial charge in [-0.25, -0.2) is 0 Å². The number of fused-ring (bicyclic) bond motifs is 1. The smallest absolute Gasteiger partial charge is 0.228 e. The highest BCUT2D eigenvalue weighted by molar-refractivity contribution is 5.95. The van der Waals surface area contributed by atoms with Crippen LogP contribution in [0.2, 0.25) is 0 Å². The molecule has 1 aliphatic rings. The maximum absolute atomic E-state index is 12.4. The number of aromatic amines is 1. The maximum atomic E-state index is 12.4. The minimum atomic E-state index is 0.0203. The molecule has 0 aliphatic carbocycles. The van der Waals surface area contributed by atoms with Crippen LogP contribution in [0, 0.1) is 0 Å². The molecule has 0 atom stereocenters. The first kappa shape index (κ1) is 16.9. The zero-order valence-corrected chi connectivity index (χ0v) is 15.2. The number of nitrogens with zero attached hydrogens (tertiary/aromatic N) is 1. The SMILES string of the molecule is CN1CCC(c2c[nH]c3ccc(NC(=O)Cc4ccccc4)cc23)CC1. The summed E-state index contributed by atoms with van der Waals surface area (Å²) in [6.07, 6.45) is 4.92. The minimum Gasteiger partial charge on any atom is -0.361 e. The number of rotatable bonds is 4. The summed E-state index contributed by atoms with van der Waals surface area (Å²) >= 11 is 0. The van der Waals surface area contributed by atoms with Gasteiger partial charge in [0.05, 0.1) is 6.42 Å². The molecule has 0 unspecified atom stereocenters. The van der Waals surface area contributed by atoms with Gasteiger partial charge in [0, 0.05) is 22.8 Å². The molecule has 2 heterocycles. The Balaban J connectivity index is 1.51. The van der Waals surface area contributed by atoms with Crippen molar-refractivity contribution in [1.29, 1.82) is 0 Å². The summed E-state index contributed by atoms with van der Waals surface area (Å²) in [6, 6.07) is 16.0. The number of benzene rings is 2. The Hall–Kier alpha value is -2.59. The topological polar surface area (TPSA) is 48.1 Å². The van der Waals surface area contributed by atoms with E-state index in [2.05, 4.69) is 40.6 Å². The van der Waals surface area contributed by atoms with Crippen LogP contribution in [-0.4, -0.2) is 35.9 Å². The quantitative estimate of drug-likeness (QED) is 0.744. The molecule has 4 heteroatoms. The molecule has 0 radical (unpaired) electrons. The Morgan fingerprint density at radius 2 is 1.92 bits per heavy atom. The van der Waals surface area contributed by atoms with E-state index in [1.165, 1.54) is 23.8 Å².